The van der Waals surface area contributed by atoms with Gasteiger partial charge in [0, 0.05) is 6.92 Å². The Morgan fingerprint density at radius 1 is 0.880 bits per heavy atom. The molecule has 0 aromatic heterocycles. The molecule has 0 aliphatic heterocycles. The molecule has 12 heteroatoms. The zero-order chi connectivity index (χ0) is 21.3. The minimum atomic E-state index is -1.18. The summed E-state index contributed by atoms with van der Waals surface area (Å²) >= 11 is 0. The van der Waals surface area contributed by atoms with Crippen LogP contribution in [0.1, 0.15) is 34.1 Å². The molecule has 0 saturated heterocycles. The number of aliphatic hydroxyl groups is 2. The number of aliphatic hydroxyl groups excluding tert-OH is 2. The third-order valence-electron chi connectivity index (χ3n) is 1.87. The maximum absolute atomic E-state index is 9.86. The maximum atomic E-state index is 9.86. The number of rotatable bonds is 5. The largest absolute Gasteiger partial charge is 0.480 e. The van der Waals surface area contributed by atoms with E-state index in [4.69, 9.17) is 37.0 Å². The fourth-order valence-corrected chi connectivity index (χ4v) is 0.381. The predicted octanol–water partition coefficient (Wildman–Crippen LogP) is -2.47. The molecule has 1 amide bonds. The lowest BCUT2D eigenvalue weighted by Crippen LogP contribution is -2.39. The number of hydrogen-bond donors (Lipinski definition) is 8. The first kappa shape index (κ1) is 30.6. The summed E-state index contributed by atoms with van der Waals surface area (Å²) in [5.41, 5.74) is 14.2. The van der Waals surface area contributed by atoms with Crippen LogP contribution in [0.25, 0.3) is 0 Å². The molecule has 0 spiro atoms. The Kier molecular flexibility index (Phi) is 22.1. The average Bonchev–Trinajstić information content (AvgIpc) is 2.45. The number of amides is 1. The molecule has 0 aliphatic carbocycles. The van der Waals surface area contributed by atoms with Gasteiger partial charge in [0.15, 0.2) is 6.10 Å². The second-order valence-electron chi connectivity index (χ2n) is 4.60. The highest BCUT2D eigenvalue weighted by atomic mass is 16.4. The van der Waals surface area contributed by atoms with E-state index in [2.05, 4.69) is 5.73 Å². The summed E-state index contributed by atoms with van der Waals surface area (Å²) in [5, 5.41) is 40.7. The molecule has 11 N–H and O–H groups in total. The molecule has 0 bridgehead atoms. The Hall–Kier alpha value is -2.28. The van der Waals surface area contributed by atoms with Crippen molar-refractivity contribution in [1.29, 1.82) is 0 Å². The maximum Gasteiger partial charge on any atom is 0.332 e. The van der Waals surface area contributed by atoms with Crippen molar-refractivity contribution in [3.05, 3.63) is 0 Å². The van der Waals surface area contributed by atoms with Crippen molar-refractivity contribution < 1.29 is 44.7 Å². The van der Waals surface area contributed by atoms with Crippen molar-refractivity contribution in [1.82, 2.24) is 0 Å². The molecular weight excluding hydrogens is 342 g/mol. The van der Waals surface area contributed by atoms with Gasteiger partial charge in [0.25, 0.3) is 0 Å². The number of carboxylic acids is 3. The van der Waals surface area contributed by atoms with E-state index in [0.29, 0.717) is 0 Å². The summed E-state index contributed by atoms with van der Waals surface area (Å²) in [6.07, 6.45) is -1.89. The van der Waals surface area contributed by atoms with E-state index in [-0.39, 0.29) is 12.3 Å². The summed E-state index contributed by atoms with van der Waals surface area (Å²) in [4.78, 5) is 38.3. The fraction of sp³-hybridized carbons (Fsp3) is 0.692. The van der Waals surface area contributed by atoms with Crippen molar-refractivity contribution in [2.75, 3.05) is 0 Å². The van der Waals surface area contributed by atoms with Crippen LogP contribution in [-0.4, -0.2) is 73.6 Å². The smallest absolute Gasteiger partial charge is 0.332 e. The second-order valence-corrected chi connectivity index (χ2v) is 4.60. The Balaban J connectivity index is -0.000000121. The molecule has 0 heterocycles. The zero-order valence-corrected chi connectivity index (χ0v) is 14.6. The molecule has 0 rings (SSSR count). The van der Waals surface area contributed by atoms with Crippen LogP contribution < -0.4 is 17.2 Å². The predicted molar refractivity (Wildman–Crippen MR) is 87.4 cm³/mol. The highest BCUT2D eigenvalue weighted by molar-refractivity contribution is 5.73. The van der Waals surface area contributed by atoms with Crippen LogP contribution in [-0.2, 0) is 19.2 Å². The molecule has 0 aromatic rings. The van der Waals surface area contributed by atoms with Gasteiger partial charge >= 0.3 is 17.9 Å². The minimum Gasteiger partial charge on any atom is -0.480 e. The van der Waals surface area contributed by atoms with E-state index in [1.807, 2.05) is 0 Å². The SMILES string of the molecule is CC(N)=O.CC(N)C(=O)O.CC(O)C(N)C(=O)O.CCC(O)C(=O)O. The number of carbonyl (C=O) groups is 4. The van der Waals surface area contributed by atoms with E-state index in [1.165, 1.54) is 20.8 Å². The number of primary amides is 1. The van der Waals surface area contributed by atoms with E-state index < -0.39 is 42.2 Å². The lowest BCUT2D eigenvalue weighted by Gasteiger charge is -2.06. The monoisotopic (exact) mass is 371 g/mol. The first-order valence-corrected chi connectivity index (χ1v) is 6.93. The Morgan fingerprint density at radius 2 is 1.16 bits per heavy atom. The quantitative estimate of drug-likeness (QED) is 0.251. The molecule has 4 atom stereocenters. The van der Waals surface area contributed by atoms with Crippen molar-refractivity contribution in [2.45, 2.75) is 58.4 Å². The Labute approximate surface area is 145 Å². The first-order valence-electron chi connectivity index (χ1n) is 6.93. The summed E-state index contributed by atoms with van der Waals surface area (Å²) in [7, 11) is 0. The fourth-order valence-electron chi connectivity index (χ4n) is 0.381. The highest BCUT2D eigenvalue weighted by Crippen LogP contribution is 1.86. The van der Waals surface area contributed by atoms with Crippen molar-refractivity contribution in [3.63, 3.8) is 0 Å². The number of carbonyl (C=O) groups excluding carboxylic acids is 1. The Bertz CT molecular complexity index is 396. The first-order chi connectivity index (χ1) is 11.1. The van der Waals surface area contributed by atoms with E-state index in [9.17, 15) is 19.2 Å². The number of hydrogen-bond acceptors (Lipinski definition) is 8. The Morgan fingerprint density at radius 3 is 1.16 bits per heavy atom. The molecule has 0 fully saturated rings. The topological polar surface area (TPSA) is 247 Å². The normalized spacial score (nSPS) is 13.6. The van der Waals surface area contributed by atoms with Crippen LogP contribution in [0.3, 0.4) is 0 Å². The standard InChI is InChI=1S/C4H9NO3.C4H8O3.C3H7NO2.C2H5NO/c1-2(6)3(5)4(7)8;1-2-3(5)4(6)7;1-2(4)3(5)6;1-2(3)4/h2-3,6H,5H2,1H3,(H,7,8);3,5H,2H2,1H3,(H,6,7);2H,4H2,1H3,(H,5,6);1H3,(H2,3,4). The van der Waals surface area contributed by atoms with Crippen LogP contribution in [0.4, 0.5) is 0 Å². The van der Waals surface area contributed by atoms with Crippen molar-refractivity contribution >= 4 is 23.8 Å². The van der Waals surface area contributed by atoms with Crippen LogP contribution in [0, 0.1) is 0 Å². The van der Waals surface area contributed by atoms with Crippen molar-refractivity contribution in [3.8, 4) is 0 Å². The summed E-state index contributed by atoms with van der Waals surface area (Å²) in [6.45, 7) is 5.67. The molecule has 150 valence electrons. The molecule has 12 nitrogen and oxygen atoms in total. The summed E-state index contributed by atoms with van der Waals surface area (Å²) < 4.78 is 0. The van der Waals surface area contributed by atoms with Crippen LogP contribution in [0.5, 0.6) is 0 Å². The summed E-state index contributed by atoms with van der Waals surface area (Å²) in [5.74, 6) is -3.63. The third kappa shape index (κ3) is 34.2. The van der Waals surface area contributed by atoms with Gasteiger partial charge in [0.2, 0.25) is 5.91 Å². The number of carboxylic acid groups (broad SMARTS) is 3. The van der Waals surface area contributed by atoms with Crippen LogP contribution in [0.15, 0.2) is 0 Å². The van der Waals surface area contributed by atoms with Gasteiger partial charge < -0.3 is 42.7 Å². The molecule has 0 aliphatic rings. The molecule has 0 aromatic carbocycles. The van der Waals surface area contributed by atoms with Gasteiger partial charge in [-0.05, 0) is 20.3 Å². The highest BCUT2D eigenvalue weighted by Gasteiger charge is 2.16. The minimum absolute atomic E-state index is 0.273. The summed E-state index contributed by atoms with van der Waals surface area (Å²) in [6, 6.07) is -1.89. The van der Waals surface area contributed by atoms with Gasteiger partial charge in [-0.25, -0.2) is 4.79 Å². The van der Waals surface area contributed by atoms with E-state index in [0.717, 1.165) is 0 Å². The van der Waals surface area contributed by atoms with Gasteiger partial charge in [-0.15, -0.1) is 0 Å². The van der Waals surface area contributed by atoms with Crippen LogP contribution in [0.2, 0.25) is 0 Å². The number of aliphatic carboxylic acids is 3. The van der Waals surface area contributed by atoms with Gasteiger partial charge in [0.1, 0.15) is 12.1 Å². The number of nitrogens with two attached hydrogens (primary N) is 3. The second kappa shape index (κ2) is 18.1. The average molecular weight is 371 g/mol. The third-order valence-corrected chi connectivity index (χ3v) is 1.87. The van der Waals surface area contributed by atoms with Crippen LogP contribution >= 0.6 is 0 Å². The van der Waals surface area contributed by atoms with E-state index in [1.54, 1.807) is 6.92 Å². The van der Waals surface area contributed by atoms with Crippen molar-refractivity contribution in [2.24, 2.45) is 17.2 Å². The molecule has 4 unspecified atom stereocenters. The molecule has 0 radical (unpaired) electrons. The van der Waals surface area contributed by atoms with Gasteiger partial charge in [-0.2, -0.15) is 0 Å². The van der Waals surface area contributed by atoms with Gasteiger partial charge in [-0.1, -0.05) is 6.92 Å². The lowest BCUT2D eigenvalue weighted by molar-refractivity contribution is -0.146. The molecule has 0 saturated carbocycles. The van der Waals surface area contributed by atoms with Gasteiger partial charge in [0.05, 0.1) is 6.10 Å². The zero-order valence-electron chi connectivity index (χ0n) is 14.6. The van der Waals surface area contributed by atoms with E-state index >= 15 is 0 Å². The van der Waals surface area contributed by atoms with Gasteiger partial charge in [-0.3, -0.25) is 14.4 Å². The molecule has 25 heavy (non-hydrogen) atoms. The lowest BCUT2D eigenvalue weighted by atomic mass is 10.2. The molecular formula is C13H29N3O9.